The predicted octanol–water partition coefficient (Wildman–Crippen LogP) is 6.51. The van der Waals surface area contributed by atoms with Crippen LogP contribution in [-0.2, 0) is 28.0 Å². The van der Waals surface area contributed by atoms with Gasteiger partial charge < -0.3 is 10.1 Å². The molecular formula is C28H24BrClN2O4S. The molecule has 37 heavy (non-hydrogen) atoms. The monoisotopic (exact) mass is 598 g/mol. The molecule has 190 valence electrons. The number of ether oxygens (including phenoxy) is 1. The van der Waals surface area contributed by atoms with Gasteiger partial charge in [0, 0.05) is 21.7 Å². The Balaban J connectivity index is 1.45. The van der Waals surface area contributed by atoms with Crippen LogP contribution in [0.3, 0.4) is 0 Å². The highest BCUT2D eigenvalue weighted by Gasteiger charge is 2.27. The highest BCUT2D eigenvalue weighted by atomic mass is 79.9. The number of hydrogen-bond acceptors (Lipinski definition) is 4. The molecule has 0 aromatic heterocycles. The third-order valence-corrected chi connectivity index (χ3v) is 8.02. The van der Waals surface area contributed by atoms with Gasteiger partial charge >= 0.3 is 0 Å². The summed E-state index contributed by atoms with van der Waals surface area (Å²) in [5, 5.41) is 3.20. The standard InChI is InChI=1S/C28H24BrClN2O4S/c29-23-8-6-21(7-9-23)18-32(37(34,35)27-16-10-24(30)11-17-27)19-28(33)31-25-12-14-26(15-13-25)36-20-22-4-2-1-3-5-22/h1-17H,18-20H2,(H,31,33). The Kier molecular flexibility index (Phi) is 9.00. The van der Waals surface area contributed by atoms with Gasteiger partial charge in [0.15, 0.2) is 0 Å². The maximum absolute atomic E-state index is 13.4. The molecule has 0 unspecified atom stereocenters. The van der Waals surface area contributed by atoms with Crippen molar-refractivity contribution in [3.63, 3.8) is 0 Å². The van der Waals surface area contributed by atoms with Gasteiger partial charge in [-0.3, -0.25) is 4.79 Å². The van der Waals surface area contributed by atoms with E-state index in [4.69, 9.17) is 16.3 Å². The van der Waals surface area contributed by atoms with Crippen LogP contribution in [0.4, 0.5) is 5.69 Å². The molecule has 0 aliphatic carbocycles. The number of nitrogens with zero attached hydrogens (tertiary/aromatic N) is 1. The summed E-state index contributed by atoms with van der Waals surface area (Å²) in [6, 6.07) is 29.9. The third-order valence-electron chi connectivity index (χ3n) is 5.43. The van der Waals surface area contributed by atoms with E-state index < -0.39 is 15.9 Å². The molecule has 1 amide bonds. The topological polar surface area (TPSA) is 75.7 Å². The Labute approximate surface area is 230 Å². The molecule has 0 atom stereocenters. The molecule has 0 saturated carbocycles. The molecule has 0 fully saturated rings. The van der Waals surface area contributed by atoms with Crippen LogP contribution in [0.5, 0.6) is 5.75 Å². The van der Waals surface area contributed by atoms with E-state index in [1.165, 1.54) is 24.3 Å². The second-order valence-corrected chi connectivity index (χ2v) is 11.5. The van der Waals surface area contributed by atoms with Crippen LogP contribution < -0.4 is 10.1 Å². The molecule has 4 aromatic rings. The predicted molar refractivity (Wildman–Crippen MR) is 149 cm³/mol. The fourth-order valence-corrected chi connectivity index (χ4v) is 5.29. The molecule has 1 N–H and O–H groups in total. The van der Waals surface area contributed by atoms with Gasteiger partial charge in [0.25, 0.3) is 0 Å². The molecule has 0 aliphatic rings. The second kappa shape index (κ2) is 12.4. The van der Waals surface area contributed by atoms with Crippen LogP contribution in [0.2, 0.25) is 5.02 Å². The van der Waals surface area contributed by atoms with Crippen LogP contribution in [0.25, 0.3) is 0 Å². The minimum absolute atomic E-state index is 0.0257. The normalized spacial score (nSPS) is 11.3. The smallest absolute Gasteiger partial charge is 0.243 e. The number of anilines is 1. The zero-order chi connectivity index (χ0) is 26.3. The Bertz CT molecular complexity index is 1430. The second-order valence-electron chi connectivity index (χ2n) is 8.20. The van der Waals surface area contributed by atoms with Crippen LogP contribution in [-0.4, -0.2) is 25.2 Å². The third kappa shape index (κ3) is 7.66. The number of nitrogens with one attached hydrogen (secondary N) is 1. The number of amides is 1. The first kappa shape index (κ1) is 26.9. The zero-order valence-electron chi connectivity index (χ0n) is 19.7. The summed E-state index contributed by atoms with van der Waals surface area (Å²) in [4.78, 5) is 13.0. The van der Waals surface area contributed by atoms with Gasteiger partial charge in [-0.1, -0.05) is 70.0 Å². The molecule has 9 heteroatoms. The molecule has 0 spiro atoms. The molecular weight excluding hydrogens is 576 g/mol. The lowest BCUT2D eigenvalue weighted by atomic mass is 10.2. The molecule has 0 heterocycles. The maximum atomic E-state index is 13.4. The maximum Gasteiger partial charge on any atom is 0.243 e. The lowest BCUT2D eigenvalue weighted by molar-refractivity contribution is -0.116. The number of carbonyl (C=O) groups is 1. The van der Waals surface area contributed by atoms with Gasteiger partial charge in [-0.05, 0) is 71.8 Å². The summed E-state index contributed by atoms with van der Waals surface area (Å²) in [5.74, 6) is 0.191. The summed E-state index contributed by atoms with van der Waals surface area (Å²) < 4.78 is 34.6. The van der Waals surface area contributed by atoms with Gasteiger partial charge in [0.1, 0.15) is 12.4 Å². The van der Waals surface area contributed by atoms with Crippen molar-refractivity contribution in [2.75, 3.05) is 11.9 Å². The summed E-state index contributed by atoms with van der Waals surface area (Å²) in [6.45, 7) is 0.0886. The van der Waals surface area contributed by atoms with Crippen molar-refractivity contribution < 1.29 is 17.9 Å². The first-order chi connectivity index (χ1) is 17.8. The number of carbonyl (C=O) groups excluding carboxylic acids is 1. The number of rotatable bonds is 10. The fraction of sp³-hybridized carbons (Fsp3) is 0.107. The highest BCUT2D eigenvalue weighted by Crippen LogP contribution is 2.22. The quantitative estimate of drug-likeness (QED) is 0.225. The first-order valence-electron chi connectivity index (χ1n) is 11.4. The van der Waals surface area contributed by atoms with E-state index in [0.29, 0.717) is 23.1 Å². The number of benzene rings is 4. The van der Waals surface area contributed by atoms with E-state index in [1.807, 2.05) is 42.5 Å². The molecule has 0 bridgehead atoms. The van der Waals surface area contributed by atoms with Gasteiger partial charge in [-0.15, -0.1) is 0 Å². The highest BCUT2D eigenvalue weighted by molar-refractivity contribution is 9.10. The van der Waals surface area contributed by atoms with E-state index in [2.05, 4.69) is 21.2 Å². The van der Waals surface area contributed by atoms with Crippen molar-refractivity contribution >= 4 is 49.1 Å². The number of halogens is 2. The van der Waals surface area contributed by atoms with E-state index in [-0.39, 0.29) is 18.0 Å². The fourth-order valence-electron chi connectivity index (χ4n) is 3.51. The Morgan fingerprint density at radius 2 is 1.49 bits per heavy atom. The molecule has 4 rings (SSSR count). The average Bonchev–Trinajstić information content (AvgIpc) is 2.90. The van der Waals surface area contributed by atoms with E-state index in [9.17, 15) is 13.2 Å². The molecule has 0 saturated heterocycles. The largest absolute Gasteiger partial charge is 0.489 e. The minimum Gasteiger partial charge on any atom is -0.489 e. The molecule has 6 nitrogen and oxygen atoms in total. The van der Waals surface area contributed by atoms with Crippen molar-refractivity contribution in [2.24, 2.45) is 0 Å². The SMILES string of the molecule is O=C(CN(Cc1ccc(Br)cc1)S(=O)(=O)c1ccc(Cl)cc1)Nc1ccc(OCc2ccccc2)cc1. The lowest BCUT2D eigenvalue weighted by Crippen LogP contribution is -2.37. The average molecular weight is 600 g/mol. The van der Waals surface area contributed by atoms with Gasteiger partial charge in [0.2, 0.25) is 15.9 Å². The molecule has 0 radical (unpaired) electrons. The van der Waals surface area contributed by atoms with E-state index in [1.54, 1.807) is 36.4 Å². The summed E-state index contributed by atoms with van der Waals surface area (Å²) >= 11 is 9.32. The van der Waals surface area contributed by atoms with E-state index in [0.717, 1.165) is 19.9 Å². The Morgan fingerprint density at radius 3 is 2.14 bits per heavy atom. The lowest BCUT2D eigenvalue weighted by Gasteiger charge is -2.22. The Hall–Kier alpha value is -3.17. The van der Waals surface area contributed by atoms with Crippen molar-refractivity contribution in [3.8, 4) is 5.75 Å². The van der Waals surface area contributed by atoms with Crippen molar-refractivity contribution in [3.05, 3.63) is 124 Å². The van der Waals surface area contributed by atoms with Gasteiger partial charge in [-0.25, -0.2) is 8.42 Å². The summed E-state index contributed by atoms with van der Waals surface area (Å²) in [7, 11) is -3.97. The first-order valence-corrected chi connectivity index (χ1v) is 14.0. The zero-order valence-corrected chi connectivity index (χ0v) is 22.8. The van der Waals surface area contributed by atoms with Gasteiger partial charge in [0.05, 0.1) is 11.4 Å². The summed E-state index contributed by atoms with van der Waals surface area (Å²) in [6.07, 6.45) is 0. The molecule has 0 aliphatic heterocycles. The van der Waals surface area contributed by atoms with Crippen molar-refractivity contribution in [1.82, 2.24) is 4.31 Å². The summed E-state index contributed by atoms with van der Waals surface area (Å²) in [5.41, 5.74) is 2.32. The van der Waals surface area contributed by atoms with Crippen LogP contribution in [0, 0.1) is 0 Å². The van der Waals surface area contributed by atoms with Crippen LogP contribution >= 0.6 is 27.5 Å². The van der Waals surface area contributed by atoms with Crippen LogP contribution in [0.1, 0.15) is 11.1 Å². The Morgan fingerprint density at radius 1 is 0.838 bits per heavy atom. The van der Waals surface area contributed by atoms with Gasteiger partial charge in [-0.2, -0.15) is 4.31 Å². The minimum atomic E-state index is -3.97. The number of sulfonamides is 1. The molecule has 4 aromatic carbocycles. The van der Waals surface area contributed by atoms with E-state index >= 15 is 0 Å². The van der Waals surface area contributed by atoms with Crippen molar-refractivity contribution in [1.29, 1.82) is 0 Å². The van der Waals surface area contributed by atoms with Crippen molar-refractivity contribution in [2.45, 2.75) is 18.0 Å². The number of hydrogen-bond donors (Lipinski definition) is 1. The van der Waals surface area contributed by atoms with Crippen LogP contribution in [0.15, 0.2) is 112 Å².